The molecular weight excluding hydrogens is 228 g/mol. The molecule has 0 aromatic heterocycles. The van der Waals surface area contributed by atoms with Crippen molar-refractivity contribution in [1.29, 1.82) is 0 Å². The van der Waals surface area contributed by atoms with Crippen molar-refractivity contribution in [3.05, 3.63) is 23.2 Å². The summed E-state index contributed by atoms with van der Waals surface area (Å²) in [4.78, 5) is 0. The topological polar surface area (TPSA) is 67.5 Å². The molecule has 4 nitrogen and oxygen atoms in total. The Morgan fingerprint density at radius 3 is 2.88 bits per heavy atom. The van der Waals surface area contributed by atoms with E-state index < -0.39 is 6.10 Å². The monoisotopic (exact) mass is 244 g/mol. The number of aliphatic hydroxyl groups is 1. The number of nitrogens with one attached hydrogen (secondary N) is 1. The Bertz CT molecular complexity index is 332. The summed E-state index contributed by atoms with van der Waals surface area (Å²) >= 11 is 6.03. The minimum Gasteiger partial charge on any atom is -0.491 e. The Morgan fingerprint density at radius 2 is 2.31 bits per heavy atom. The van der Waals surface area contributed by atoms with Crippen molar-refractivity contribution in [3.8, 4) is 5.75 Å². The number of aliphatic hydroxyl groups excluding tert-OH is 1. The smallest absolute Gasteiger partial charge is 0.121 e. The zero-order valence-corrected chi connectivity index (χ0v) is 10.00. The second-order valence-electron chi connectivity index (χ2n) is 3.52. The minimum atomic E-state index is -0.492. The van der Waals surface area contributed by atoms with Crippen LogP contribution in [0.15, 0.2) is 18.2 Å². The third-order valence-corrected chi connectivity index (χ3v) is 2.20. The van der Waals surface area contributed by atoms with Crippen molar-refractivity contribution in [3.63, 3.8) is 0 Å². The number of anilines is 1. The summed E-state index contributed by atoms with van der Waals surface area (Å²) in [5.41, 5.74) is 6.21. The van der Waals surface area contributed by atoms with E-state index in [-0.39, 0.29) is 6.61 Å². The second kappa shape index (κ2) is 6.58. The predicted molar refractivity (Wildman–Crippen MR) is 66.2 cm³/mol. The maximum atomic E-state index is 9.07. The van der Waals surface area contributed by atoms with Crippen LogP contribution in [0.5, 0.6) is 5.75 Å². The maximum Gasteiger partial charge on any atom is 0.121 e. The molecule has 0 spiro atoms. The Labute approximate surface area is 100 Å². The number of halogens is 1. The number of rotatable bonds is 6. The summed E-state index contributed by atoms with van der Waals surface area (Å²) in [6.45, 7) is 3.15. The Hall–Kier alpha value is -0.970. The molecule has 0 bridgehead atoms. The van der Waals surface area contributed by atoms with Crippen molar-refractivity contribution in [1.82, 2.24) is 0 Å². The highest BCUT2D eigenvalue weighted by Crippen LogP contribution is 2.26. The number of ether oxygens (including phenoxy) is 1. The van der Waals surface area contributed by atoms with E-state index in [2.05, 4.69) is 5.32 Å². The highest BCUT2D eigenvalue weighted by Gasteiger charge is 2.03. The molecule has 0 fully saturated rings. The van der Waals surface area contributed by atoms with Gasteiger partial charge >= 0.3 is 0 Å². The minimum absolute atomic E-state index is 0.256. The van der Waals surface area contributed by atoms with E-state index in [4.69, 9.17) is 27.2 Å². The third-order valence-electron chi connectivity index (χ3n) is 1.89. The van der Waals surface area contributed by atoms with Crippen LogP contribution in [0, 0.1) is 0 Å². The van der Waals surface area contributed by atoms with E-state index in [1.54, 1.807) is 19.1 Å². The molecule has 0 heterocycles. The van der Waals surface area contributed by atoms with Gasteiger partial charge in [0.1, 0.15) is 12.4 Å². The average molecular weight is 245 g/mol. The van der Waals surface area contributed by atoms with Gasteiger partial charge < -0.3 is 20.9 Å². The Kier molecular flexibility index (Phi) is 5.38. The van der Waals surface area contributed by atoms with Crippen molar-refractivity contribution >= 4 is 17.3 Å². The highest BCUT2D eigenvalue weighted by atomic mass is 35.5. The van der Waals surface area contributed by atoms with Crippen LogP contribution in [0.1, 0.15) is 6.92 Å². The van der Waals surface area contributed by atoms with E-state index in [0.717, 1.165) is 5.69 Å². The van der Waals surface area contributed by atoms with Crippen molar-refractivity contribution in [2.24, 2.45) is 5.73 Å². The normalized spacial score (nSPS) is 12.2. The largest absolute Gasteiger partial charge is 0.491 e. The molecule has 1 atom stereocenters. The zero-order valence-electron chi connectivity index (χ0n) is 9.24. The van der Waals surface area contributed by atoms with Crippen LogP contribution >= 0.6 is 11.6 Å². The van der Waals surface area contributed by atoms with Crippen LogP contribution < -0.4 is 15.8 Å². The number of nitrogens with two attached hydrogens (primary N) is 1. The molecule has 1 aromatic carbocycles. The van der Waals surface area contributed by atoms with Gasteiger partial charge in [0.2, 0.25) is 0 Å². The SMILES string of the molecule is CC(O)COc1ccc(NCCN)c(Cl)c1. The average Bonchev–Trinajstić information content (AvgIpc) is 2.25. The number of hydrogen-bond donors (Lipinski definition) is 3. The van der Waals surface area contributed by atoms with Gasteiger partial charge in [0.05, 0.1) is 16.8 Å². The molecule has 16 heavy (non-hydrogen) atoms. The van der Waals surface area contributed by atoms with Gasteiger partial charge in [0.15, 0.2) is 0 Å². The van der Waals surface area contributed by atoms with E-state index in [0.29, 0.717) is 23.9 Å². The molecule has 0 saturated heterocycles. The zero-order chi connectivity index (χ0) is 12.0. The van der Waals surface area contributed by atoms with Gasteiger partial charge in [-0.2, -0.15) is 0 Å². The van der Waals surface area contributed by atoms with Gasteiger partial charge in [0, 0.05) is 19.2 Å². The van der Waals surface area contributed by atoms with Crippen molar-refractivity contribution in [2.75, 3.05) is 25.0 Å². The van der Waals surface area contributed by atoms with Gasteiger partial charge in [-0.05, 0) is 19.1 Å². The molecule has 0 aliphatic heterocycles. The molecule has 1 rings (SSSR count). The molecule has 5 heteroatoms. The summed E-state index contributed by atoms with van der Waals surface area (Å²) in [5.74, 6) is 0.643. The molecule has 0 aliphatic rings. The molecule has 1 unspecified atom stereocenters. The van der Waals surface area contributed by atoms with Gasteiger partial charge in [-0.25, -0.2) is 0 Å². The van der Waals surface area contributed by atoms with E-state index >= 15 is 0 Å². The highest BCUT2D eigenvalue weighted by molar-refractivity contribution is 6.33. The molecule has 0 saturated carbocycles. The first-order valence-corrected chi connectivity index (χ1v) is 5.55. The molecule has 1 aromatic rings. The van der Waals surface area contributed by atoms with E-state index in [9.17, 15) is 0 Å². The Morgan fingerprint density at radius 1 is 1.56 bits per heavy atom. The van der Waals surface area contributed by atoms with Crippen LogP contribution in [-0.2, 0) is 0 Å². The van der Waals surface area contributed by atoms with E-state index in [1.165, 1.54) is 0 Å². The van der Waals surface area contributed by atoms with Crippen LogP contribution in [-0.4, -0.2) is 30.9 Å². The predicted octanol–water partition coefficient (Wildman–Crippen LogP) is 1.47. The van der Waals surface area contributed by atoms with Crippen LogP contribution in [0.4, 0.5) is 5.69 Å². The summed E-state index contributed by atoms with van der Waals surface area (Å²) in [6, 6.07) is 5.34. The molecule has 0 radical (unpaired) electrons. The maximum absolute atomic E-state index is 9.07. The van der Waals surface area contributed by atoms with Gasteiger partial charge in [-0.3, -0.25) is 0 Å². The number of hydrogen-bond acceptors (Lipinski definition) is 4. The summed E-state index contributed by atoms with van der Waals surface area (Å²) in [6.07, 6.45) is -0.492. The summed E-state index contributed by atoms with van der Waals surface area (Å²) in [5, 5.41) is 12.7. The molecule has 90 valence electrons. The van der Waals surface area contributed by atoms with Gasteiger partial charge in [-0.1, -0.05) is 11.6 Å². The molecule has 4 N–H and O–H groups in total. The lowest BCUT2D eigenvalue weighted by molar-refractivity contribution is 0.123. The second-order valence-corrected chi connectivity index (χ2v) is 3.92. The van der Waals surface area contributed by atoms with Gasteiger partial charge in [0.25, 0.3) is 0 Å². The van der Waals surface area contributed by atoms with Crippen molar-refractivity contribution < 1.29 is 9.84 Å². The van der Waals surface area contributed by atoms with Crippen molar-refractivity contribution in [2.45, 2.75) is 13.0 Å². The van der Waals surface area contributed by atoms with E-state index in [1.807, 2.05) is 6.07 Å². The first kappa shape index (κ1) is 13.1. The van der Waals surface area contributed by atoms with Crippen LogP contribution in [0.25, 0.3) is 0 Å². The van der Waals surface area contributed by atoms with Gasteiger partial charge in [-0.15, -0.1) is 0 Å². The molecule has 0 aliphatic carbocycles. The third kappa shape index (κ3) is 4.26. The molecule has 0 amide bonds. The fraction of sp³-hybridized carbons (Fsp3) is 0.455. The number of benzene rings is 1. The summed E-state index contributed by atoms with van der Waals surface area (Å²) in [7, 11) is 0. The fourth-order valence-electron chi connectivity index (χ4n) is 1.15. The Balaban J connectivity index is 2.59. The lowest BCUT2D eigenvalue weighted by atomic mass is 10.3. The molecular formula is C11H17ClN2O2. The fourth-order valence-corrected chi connectivity index (χ4v) is 1.39. The van der Waals surface area contributed by atoms with Crippen LogP contribution in [0.2, 0.25) is 5.02 Å². The van der Waals surface area contributed by atoms with Crippen LogP contribution in [0.3, 0.4) is 0 Å². The first-order chi connectivity index (χ1) is 7.63. The standard InChI is InChI=1S/C11H17ClN2O2/c1-8(15)7-16-9-2-3-11(10(12)6-9)14-5-4-13/h2-3,6,8,14-15H,4-5,7,13H2,1H3. The lowest BCUT2D eigenvalue weighted by Crippen LogP contribution is -2.14. The lowest BCUT2D eigenvalue weighted by Gasteiger charge is -2.11. The first-order valence-electron chi connectivity index (χ1n) is 5.18. The quantitative estimate of drug-likeness (QED) is 0.709. The summed E-state index contributed by atoms with van der Waals surface area (Å²) < 4.78 is 5.32.